The number of likely N-dealkylation sites (tertiary alicyclic amines) is 1. The SMILES string of the molecule is COc1ccc2nccc([C@H](O)CC[C@@H]3CCN(CCCSc4ccsc4)C[C@H]3CCC(=O)O)c2c1. The zero-order valence-electron chi connectivity index (χ0n) is 20.8. The largest absolute Gasteiger partial charge is 0.497 e. The van der Waals surface area contributed by atoms with Crippen LogP contribution >= 0.6 is 23.1 Å². The Labute approximate surface area is 221 Å². The molecule has 1 aliphatic heterocycles. The second-order valence-electron chi connectivity index (χ2n) is 9.58. The van der Waals surface area contributed by atoms with Gasteiger partial charge in [-0.3, -0.25) is 9.78 Å². The van der Waals surface area contributed by atoms with Crippen molar-refractivity contribution in [3.8, 4) is 5.75 Å². The maximum absolute atomic E-state index is 11.3. The number of benzene rings is 1. The summed E-state index contributed by atoms with van der Waals surface area (Å²) in [5.41, 5.74) is 1.72. The van der Waals surface area contributed by atoms with E-state index in [4.69, 9.17) is 4.74 Å². The van der Waals surface area contributed by atoms with Crippen molar-refractivity contribution in [3.63, 3.8) is 0 Å². The number of aliphatic hydroxyl groups excluding tert-OH is 1. The molecule has 0 aliphatic carbocycles. The number of rotatable bonds is 13. The molecule has 1 saturated heterocycles. The van der Waals surface area contributed by atoms with Gasteiger partial charge in [-0.25, -0.2) is 0 Å². The molecule has 1 aliphatic rings. The fourth-order valence-electron chi connectivity index (χ4n) is 5.28. The highest BCUT2D eigenvalue weighted by Crippen LogP contribution is 2.35. The highest BCUT2D eigenvalue weighted by molar-refractivity contribution is 7.99. The van der Waals surface area contributed by atoms with E-state index in [2.05, 4.69) is 26.7 Å². The van der Waals surface area contributed by atoms with Crippen molar-refractivity contribution in [2.45, 2.75) is 49.5 Å². The number of methoxy groups -OCH3 is 1. The Kier molecular flexibility index (Phi) is 10.0. The minimum absolute atomic E-state index is 0.209. The van der Waals surface area contributed by atoms with Gasteiger partial charge >= 0.3 is 5.97 Å². The van der Waals surface area contributed by atoms with Gasteiger partial charge in [0, 0.05) is 34.8 Å². The van der Waals surface area contributed by atoms with Gasteiger partial charge in [0.15, 0.2) is 0 Å². The summed E-state index contributed by atoms with van der Waals surface area (Å²) < 4.78 is 5.37. The second kappa shape index (κ2) is 13.4. The summed E-state index contributed by atoms with van der Waals surface area (Å²) in [4.78, 5) is 19.6. The molecule has 0 spiro atoms. The number of thiophene rings is 1. The Bertz CT molecular complexity index is 1110. The number of aliphatic carboxylic acids is 1. The predicted octanol–water partition coefficient (Wildman–Crippen LogP) is 6.10. The van der Waals surface area contributed by atoms with Crippen molar-refractivity contribution in [1.82, 2.24) is 9.88 Å². The van der Waals surface area contributed by atoms with E-state index in [1.54, 1.807) is 24.6 Å². The van der Waals surface area contributed by atoms with Crippen LogP contribution in [-0.2, 0) is 4.79 Å². The predicted molar refractivity (Wildman–Crippen MR) is 147 cm³/mol. The second-order valence-corrected chi connectivity index (χ2v) is 11.5. The first-order valence-corrected chi connectivity index (χ1v) is 14.7. The van der Waals surface area contributed by atoms with E-state index in [9.17, 15) is 15.0 Å². The molecule has 3 heterocycles. The van der Waals surface area contributed by atoms with E-state index in [0.29, 0.717) is 24.7 Å². The molecule has 36 heavy (non-hydrogen) atoms. The number of hydrogen-bond acceptors (Lipinski definition) is 7. The lowest BCUT2D eigenvalue weighted by molar-refractivity contribution is -0.137. The third-order valence-electron chi connectivity index (χ3n) is 7.24. The molecule has 194 valence electrons. The summed E-state index contributed by atoms with van der Waals surface area (Å²) in [5.74, 6) is 1.90. The van der Waals surface area contributed by atoms with Crippen LogP contribution in [0.3, 0.4) is 0 Å². The number of aromatic nitrogens is 1. The van der Waals surface area contributed by atoms with Gasteiger partial charge in [-0.2, -0.15) is 11.3 Å². The van der Waals surface area contributed by atoms with Gasteiger partial charge in [0.2, 0.25) is 0 Å². The average molecular weight is 529 g/mol. The molecule has 0 unspecified atom stereocenters. The summed E-state index contributed by atoms with van der Waals surface area (Å²) in [7, 11) is 1.64. The lowest BCUT2D eigenvalue weighted by atomic mass is 9.79. The number of piperidine rings is 1. The molecular weight excluding hydrogens is 492 g/mol. The van der Waals surface area contributed by atoms with Gasteiger partial charge in [0.25, 0.3) is 0 Å². The highest BCUT2D eigenvalue weighted by atomic mass is 32.2. The Balaban J connectivity index is 1.33. The van der Waals surface area contributed by atoms with Gasteiger partial charge in [-0.1, -0.05) is 0 Å². The lowest BCUT2D eigenvalue weighted by Gasteiger charge is -2.39. The average Bonchev–Trinajstić information content (AvgIpc) is 3.42. The van der Waals surface area contributed by atoms with Gasteiger partial charge < -0.3 is 19.8 Å². The quantitative estimate of drug-likeness (QED) is 0.205. The van der Waals surface area contributed by atoms with Crippen LogP contribution in [0, 0.1) is 11.8 Å². The first-order chi connectivity index (χ1) is 17.5. The molecule has 0 radical (unpaired) electrons. The number of fused-ring (bicyclic) bond motifs is 1. The molecule has 0 amide bonds. The van der Waals surface area contributed by atoms with Gasteiger partial charge in [0.05, 0.1) is 18.7 Å². The van der Waals surface area contributed by atoms with Crippen LogP contribution in [0.2, 0.25) is 0 Å². The summed E-state index contributed by atoms with van der Waals surface area (Å²) in [5, 5.41) is 25.6. The third kappa shape index (κ3) is 7.44. The molecular formula is C28H36N2O4S2. The van der Waals surface area contributed by atoms with Crippen molar-refractivity contribution >= 4 is 40.0 Å². The number of hydrogen-bond donors (Lipinski definition) is 2. The number of carbonyl (C=O) groups is 1. The number of carboxylic acids is 1. The van der Waals surface area contributed by atoms with Crippen LogP contribution in [0.15, 0.2) is 52.2 Å². The molecule has 6 nitrogen and oxygen atoms in total. The standard InChI is InChI=1S/C28H36N2O4S2/c1-34-22-5-6-26-25(17-22)24(9-12-29-26)27(31)7-3-20-10-14-30(18-21(20)4-8-28(32)33)13-2-15-36-23-11-16-35-19-23/h5-6,9,11-12,16-17,19-21,27,31H,2-4,7-8,10,13-15,18H2,1H3,(H,32,33)/t20-,21-,27-/m1/s1. The van der Waals surface area contributed by atoms with Crippen LogP contribution in [-0.4, -0.2) is 58.6 Å². The first kappa shape index (κ1) is 26.9. The minimum atomic E-state index is -0.727. The molecule has 2 N–H and O–H groups in total. The zero-order chi connectivity index (χ0) is 25.3. The third-order valence-corrected chi connectivity index (χ3v) is 9.15. The number of pyridine rings is 1. The van der Waals surface area contributed by atoms with Crippen LogP contribution in [0.25, 0.3) is 10.9 Å². The Morgan fingerprint density at radius 1 is 1.28 bits per heavy atom. The number of ether oxygens (including phenoxy) is 1. The van der Waals surface area contributed by atoms with Crippen molar-refractivity contribution in [3.05, 3.63) is 52.9 Å². The smallest absolute Gasteiger partial charge is 0.303 e. The number of carboxylic acid groups (broad SMARTS) is 1. The van der Waals surface area contributed by atoms with Gasteiger partial charge in [-0.15, -0.1) is 11.8 Å². The fraction of sp³-hybridized carbons (Fsp3) is 0.500. The number of aliphatic hydroxyl groups is 1. The summed E-state index contributed by atoms with van der Waals surface area (Å²) in [6.45, 7) is 3.05. The Morgan fingerprint density at radius 3 is 2.94 bits per heavy atom. The molecule has 1 fully saturated rings. The lowest BCUT2D eigenvalue weighted by Crippen LogP contribution is -2.41. The van der Waals surface area contributed by atoms with Gasteiger partial charge in [0.1, 0.15) is 5.75 Å². The summed E-state index contributed by atoms with van der Waals surface area (Å²) in [6, 6.07) is 9.80. The zero-order valence-corrected chi connectivity index (χ0v) is 22.5. The van der Waals surface area contributed by atoms with Crippen molar-refractivity contribution in [1.29, 1.82) is 0 Å². The molecule has 1 aromatic carbocycles. The monoisotopic (exact) mass is 528 g/mol. The van der Waals surface area contributed by atoms with Crippen LogP contribution in [0.1, 0.15) is 50.2 Å². The number of thioether (sulfide) groups is 1. The molecule has 2 aromatic heterocycles. The van der Waals surface area contributed by atoms with Gasteiger partial charge in [-0.05, 0) is 104 Å². The van der Waals surface area contributed by atoms with E-state index in [1.165, 1.54) is 4.90 Å². The molecule has 0 bridgehead atoms. The normalized spacial score (nSPS) is 19.4. The molecule has 0 saturated carbocycles. The molecule has 3 aromatic rings. The number of nitrogens with zero attached hydrogens (tertiary/aromatic N) is 2. The van der Waals surface area contributed by atoms with E-state index < -0.39 is 12.1 Å². The van der Waals surface area contributed by atoms with E-state index in [-0.39, 0.29) is 6.42 Å². The maximum atomic E-state index is 11.3. The Morgan fingerprint density at radius 2 is 2.17 bits per heavy atom. The Hall–Kier alpha value is -2.13. The molecule has 3 atom stereocenters. The first-order valence-electron chi connectivity index (χ1n) is 12.7. The fourth-order valence-corrected chi connectivity index (χ4v) is 6.99. The van der Waals surface area contributed by atoms with E-state index in [1.807, 2.05) is 36.0 Å². The highest BCUT2D eigenvalue weighted by Gasteiger charge is 2.30. The van der Waals surface area contributed by atoms with Crippen LogP contribution in [0.4, 0.5) is 0 Å². The van der Waals surface area contributed by atoms with E-state index >= 15 is 0 Å². The van der Waals surface area contributed by atoms with Crippen LogP contribution < -0.4 is 4.74 Å². The van der Waals surface area contributed by atoms with Crippen molar-refractivity contribution in [2.24, 2.45) is 11.8 Å². The van der Waals surface area contributed by atoms with E-state index in [0.717, 1.165) is 66.9 Å². The minimum Gasteiger partial charge on any atom is -0.497 e. The summed E-state index contributed by atoms with van der Waals surface area (Å²) >= 11 is 3.64. The summed E-state index contributed by atoms with van der Waals surface area (Å²) in [6.07, 6.45) is 5.80. The topological polar surface area (TPSA) is 82.9 Å². The van der Waals surface area contributed by atoms with Crippen molar-refractivity contribution < 1.29 is 19.7 Å². The van der Waals surface area contributed by atoms with Crippen molar-refractivity contribution in [2.75, 3.05) is 32.5 Å². The maximum Gasteiger partial charge on any atom is 0.303 e. The molecule has 4 rings (SSSR count). The molecule has 8 heteroatoms. The van der Waals surface area contributed by atoms with Crippen LogP contribution in [0.5, 0.6) is 5.75 Å².